The van der Waals surface area contributed by atoms with Crippen molar-refractivity contribution in [1.82, 2.24) is 4.90 Å². The van der Waals surface area contributed by atoms with Gasteiger partial charge in [-0.2, -0.15) is 0 Å². The number of rotatable bonds is 2. The molecule has 1 saturated heterocycles. The number of hydrogen-bond donors (Lipinski definition) is 0. The maximum atomic E-state index is 11.4. The zero-order valence-corrected chi connectivity index (χ0v) is 8.60. The Morgan fingerprint density at radius 1 is 1.33 bits per heavy atom. The summed E-state index contributed by atoms with van der Waals surface area (Å²) in [5.41, 5.74) is 0. The highest BCUT2D eigenvalue weighted by molar-refractivity contribution is 7.92. The Balaban J connectivity index is 2.56. The fraction of sp³-hybridized carbons (Fsp3) is 1.00. The fourth-order valence-corrected chi connectivity index (χ4v) is 2.98. The van der Waals surface area contributed by atoms with Crippen LogP contribution in [0.1, 0.15) is 19.8 Å². The van der Waals surface area contributed by atoms with Crippen LogP contribution in [0.3, 0.4) is 0 Å². The molecule has 1 aliphatic heterocycles. The van der Waals surface area contributed by atoms with E-state index in [1.165, 1.54) is 0 Å². The fourth-order valence-electron chi connectivity index (χ4n) is 1.58. The van der Waals surface area contributed by atoms with Crippen LogP contribution in [0.15, 0.2) is 0 Å². The zero-order valence-electron chi connectivity index (χ0n) is 7.78. The van der Waals surface area contributed by atoms with E-state index in [1.54, 1.807) is 6.92 Å². The van der Waals surface area contributed by atoms with Gasteiger partial charge in [-0.25, -0.2) is 8.42 Å². The SMILES string of the molecule is CCS(=O)(=O)C1CCN(C)CC1. The normalized spacial score (nSPS) is 22.8. The highest BCUT2D eigenvalue weighted by Crippen LogP contribution is 2.16. The van der Waals surface area contributed by atoms with E-state index in [-0.39, 0.29) is 5.25 Å². The lowest BCUT2D eigenvalue weighted by atomic mass is 10.1. The minimum absolute atomic E-state index is 0.0706. The van der Waals surface area contributed by atoms with Crippen LogP contribution < -0.4 is 0 Å². The molecule has 1 heterocycles. The first-order chi connectivity index (χ1) is 5.56. The van der Waals surface area contributed by atoms with Gasteiger partial charge >= 0.3 is 0 Å². The van der Waals surface area contributed by atoms with E-state index in [9.17, 15) is 8.42 Å². The van der Waals surface area contributed by atoms with E-state index in [0.29, 0.717) is 5.75 Å². The van der Waals surface area contributed by atoms with Crippen LogP contribution in [0, 0.1) is 0 Å². The zero-order chi connectivity index (χ0) is 9.19. The summed E-state index contributed by atoms with van der Waals surface area (Å²) in [6, 6.07) is 0. The summed E-state index contributed by atoms with van der Waals surface area (Å²) in [6.07, 6.45) is 1.62. The van der Waals surface area contributed by atoms with Crippen molar-refractivity contribution in [2.24, 2.45) is 0 Å². The molecule has 0 atom stereocenters. The lowest BCUT2D eigenvalue weighted by Gasteiger charge is -2.28. The molecule has 72 valence electrons. The molecule has 1 aliphatic rings. The van der Waals surface area contributed by atoms with Gasteiger partial charge in [-0.05, 0) is 33.0 Å². The average molecular weight is 191 g/mol. The van der Waals surface area contributed by atoms with E-state index in [4.69, 9.17) is 0 Å². The molecule has 0 bridgehead atoms. The topological polar surface area (TPSA) is 37.4 Å². The van der Waals surface area contributed by atoms with Crippen LogP contribution in [-0.2, 0) is 9.84 Å². The van der Waals surface area contributed by atoms with Crippen molar-refractivity contribution < 1.29 is 8.42 Å². The molecule has 0 N–H and O–H groups in total. The summed E-state index contributed by atoms with van der Waals surface area (Å²) in [6.45, 7) is 3.57. The van der Waals surface area contributed by atoms with Crippen LogP contribution in [0.25, 0.3) is 0 Å². The van der Waals surface area contributed by atoms with Gasteiger partial charge in [-0.1, -0.05) is 6.92 Å². The van der Waals surface area contributed by atoms with E-state index in [0.717, 1.165) is 25.9 Å². The Labute approximate surface area is 74.7 Å². The smallest absolute Gasteiger partial charge is 0.152 e. The molecule has 0 aromatic carbocycles. The van der Waals surface area contributed by atoms with Gasteiger partial charge < -0.3 is 4.90 Å². The third-order valence-electron chi connectivity index (χ3n) is 2.58. The van der Waals surface area contributed by atoms with Crippen LogP contribution in [-0.4, -0.2) is 44.5 Å². The largest absolute Gasteiger partial charge is 0.306 e. The molecule has 3 nitrogen and oxygen atoms in total. The number of sulfone groups is 1. The predicted octanol–water partition coefficient (Wildman–Crippen LogP) is 0.515. The summed E-state index contributed by atoms with van der Waals surface area (Å²) < 4.78 is 22.9. The highest BCUT2D eigenvalue weighted by Gasteiger charge is 2.26. The summed E-state index contributed by atoms with van der Waals surface area (Å²) in [5.74, 6) is 0.293. The third kappa shape index (κ3) is 2.20. The van der Waals surface area contributed by atoms with Crippen LogP contribution >= 0.6 is 0 Å². The van der Waals surface area contributed by atoms with E-state index in [2.05, 4.69) is 4.90 Å². The molecule has 0 aromatic heterocycles. The van der Waals surface area contributed by atoms with Crippen molar-refractivity contribution >= 4 is 9.84 Å². The highest BCUT2D eigenvalue weighted by atomic mass is 32.2. The molecular formula is C8H17NO2S. The van der Waals surface area contributed by atoms with Gasteiger partial charge in [0.1, 0.15) is 0 Å². The minimum Gasteiger partial charge on any atom is -0.306 e. The first-order valence-corrected chi connectivity index (χ1v) is 6.18. The molecule has 12 heavy (non-hydrogen) atoms. The lowest BCUT2D eigenvalue weighted by Crippen LogP contribution is -2.37. The first-order valence-electron chi connectivity index (χ1n) is 4.46. The molecule has 1 rings (SSSR count). The summed E-state index contributed by atoms with van der Waals surface area (Å²) in [5, 5.41) is -0.0706. The van der Waals surface area contributed by atoms with Gasteiger partial charge in [0.2, 0.25) is 0 Å². The molecule has 4 heteroatoms. The Morgan fingerprint density at radius 3 is 2.25 bits per heavy atom. The second kappa shape index (κ2) is 3.75. The lowest BCUT2D eigenvalue weighted by molar-refractivity contribution is 0.278. The maximum absolute atomic E-state index is 11.4. The Kier molecular flexibility index (Phi) is 3.12. The molecule has 0 radical (unpaired) electrons. The number of piperidine rings is 1. The van der Waals surface area contributed by atoms with E-state index in [1.807, 2.05) is 7.05 Å². The third-order valence-corrected chi connectivity index (χ3v) is 4.87. The molecule has 0 aliphatic carbocycles. The van der Waals surface area contributed by atoms with Crippen LogP contribution in [0.2, 0.25) is 0 Å². The average Bonchev–Trinajstić information content (AvgIpc) is 2.05. The van der Waals surface area contributed by atoms with E-state index < -0.39 is 9.84 Å². The van der Waals surface area contributed by atoms with Gasteiger partial charge in [0.05, 0.1) is 5.25 Å². The number of hydrogen-bond acceptors (Lipinski definition) is 3. The van der Waals surface area contributed by atoms with Crippen LogP contribution in [0.4, 0.5) is 0 Å². The van der Waals surface area contributed by atoms with Crippen molar-refractivity contribution in [3.05, 3.63) is 0 Å². The van der Waals surface area contributed by atoms with Crippen molar-refractivity contribution in [3.63, 3.8) is 0 Å². The monoisotopic (exact) mass is 191 g/mol. The van der Waals surface area contributed by atoms with Crippen molar-refractivity contribution in [2.45, 2.75) is 25.0 Å². The van der Waals surface area contributed by atoms with Gasteiger partial charge in [-0.3, -0.25) is 0 Å². The Bertz CT molecular complexity index is 227. The van der Waals surface area contributed by atoms with Crippen molar-refractivity contribution in [1.29, 1.82) is 0 Å². The molecule has 0 unspecified atom stereocenters. The second-order valence-corrected chi connectivity index (χ2v) is 6.02. The Hall–Kier alpha value is -0.0900. The van der Waals surface area contributed by atoms with Crippen molar-refractivity contribution in [2.75, 3.05) is 25.9 Å². The van der Waals surface area contributed by atoms with E-state index >= 15 is 0 Å². The van der Waals surface area contributed by atoms with Gasteiger partial charge in [0.25, 0.3) is 0 Å². The predicted molar refractivity (Wildman–Crippen MR) is 50.0 cm³/mol. The second-order valence-electron chi connectivity index (χ2n) is 3.45. The first kappa shape index (κ1) is 9.99. The Morgan fingerprint density at radius 2 is 1.83 bits per heavy atom. The molecule has 0 amide bonds. The van der Waals surface area contributed by atoms with Crippen LogP contribution in [0.5, 0.6) is 0 Å². The molecule has 1 fully saturated rings. The van der Waals surface area contributed by atoms with Gasteiger partial charge in [0.15, 0.2) is 9.84 Å². The maximum Gasteiger partial charge on any atom is 0.152 e. The molecule has 0 spiro atoms. The molecular weight excluding hydrogens is 174 g/mol. The quantitative estimate of drug-likeness (QED) is 0.638. The van der Waals surface area contributed by atoms with Gasteiger partial charge in [0, 0.05) is 5.75 Å². The van der Waals surface area contributed by atoms with Gasteiger partial charge in [-0.15, -0.1) is 0 Å². The standard InChI is InChI=1S/C8H17NO2S/c1-3-12(10,11)8-4-6-9(2)7-5-8/h8H,3-7H2,1-2H3. The summed E-state index contributed by atoms with van der Waals surface area (Å²) in [4.78, 5) is 2.18. The minimum atomic E-state index is -2.77. The molecule has 0 saturated carbocycles. The van der Waals surface area contributed by atoms with Crippen molar-refractivity contribution in [3.8, 4) is 0 Å². The summed E-state index contributed by atoms with van der Waals surface area (Å²) >= 11 is 0. The molecule has 0 aromatic rings. The summed E-state index contributed by atoms with van der Waals surface area (Å²) in [7, 11) is -0.735. The number of nitrogens with zero attached hydrogens (tertiary/aromatic N) is 1. The number of likely N-dealkylation sites (tertiary alicyclic amines) is 1.